The zero-order valence-corrected chi connectivity index (χ0v) is 17.9. The normalized spacial score (nSPS) is 10.9. The van der Waals surface area contributed by atoms with Gasteiger partial charge in [0, 0.05) is 10.9 Å². The number of amides is 1. The average Bonchev–Trinajstić information content (AvgIpc) is 3.44. The van der Waals surface area contributed by atoms with E-state index in [1.165, 1.54) is 35.8 Å². The summed E-state index contributed by atoms with van der Waals surface area (Å²) >= 11 is 4.42. The average molecular weight is 503 g/mol. The first-order valence-electron chi connectivity index (χ1n) is 8.65. The van der Waals surface area contributed by atoms with Gasteiger partial charge >= 0.3 is 0 Å². The van der Waals surface area contributed by atoms with Gasteiger partial charge in [0.05, 0.1) is 10.2 Å². The number of anilines is 2. The standard InChI is InChI=1S/C19H12BrFN6O3S/c20-13-8-12(6-7-14(13)21)25-29-22-9-15-17(27-30-26-15)24-18(28)16-10-31-19(23-16)11-4-2-1-3-5-11/h1-10,25H,(H,24,27,28)/b22-9+. The summed E-state index contributed by atoms with van der Waals surface area (Å²) < 4.78 is 18.1. The van der Waals surface area contributed by atoms with E-state index in [2.05, 4.69) is 51.8 Å². The van der Waals surface area contributed by atoms with Gasteiger partial charge in [-0.3, -0.25) is 9.73 Å². The molecule has 31 heavy (non-hydrogen) atoms. The third kappa shape index (κ3) is 5.10. The lowest BCUT2D eigenvalue weighted by Crippen LogP contribution is -2.14. The Labute approximate surface area is 187 Å². The highest BCUT2D eigenvalue weighted by molar-refractivity contribution is 9.10. The van der Waals surface area contributed by atoms with Crippen molar-refractivity contribution in [2.45, 2.75) is 0 Å². The molecule has 0 spiro atoms. The molecule has 4 rings (SSSR count). The molecule has 2 aromatic heterocycles. The number of nitrogens with zero attached hydrogens (tertiary/aromatic N) is 4. The van der Waals surface area contributed by atoms with Crippen molar-refractivity contribution in [3.63, 3.8) is 0 Å². The highest BCUT2D eigenvalue weighted by Crippen LogP contribution is 2.24. The highest BCUT2D eigenvalue weighted by Gasteiger charge is 2.16. The first kappa shape index (κ1) is 20.6. The minimum Gasteiger partial charge on any atom is -0.300 e. The van der Waals surface area contributed by atoms with E-state index in [1.807, 2.05) is 30.3 Å². The van der Waals surface area contributed by atoms with Crippen LogP contribution in [-0.2, 0) is 4.94 Å². The van der Waals surface area contributed by atoms with Crippen LogP contribution in [0.15, 0.2) is 68.2 Å². The van der Waals surface area contributed by atoms with Crippen LogP contribution >= 0.6 is 27.3 Å². The third-order valence-electron chi connectivity index (χ3n) is 3.81. The number of aromatic nitrogens is 3. The minimum absolute atomic E-state index is 0.0520. The number of carbonyl (C=O) groups excluding carboxylic acids is 1. The molecule has 0 atom stereocenters. The number of rotatable bonds is 7. The molecule has 2 aromatic carbocycles. The summed E-state index contributed by atoms with van der Waals surface area (Å²) in [6.07, 6.45) is 1.19. The maximum Gasteiger partial charge on any atom is 0.276 e. The van der Waals surface area contributed by atoms with Crippen LogP contribution in [0.2, 0.25) is 0 Å². The first-order valence-corrected chi connectivity index (χ1v) is 10.3. The van der Waals surface area contributed by atoms with Crippen LogP contribution in [0.3, 0.4) is 0 Å². The van der Waals surface area contributed by atoms with Crippen molar-refractivity contribution >= 4 is 50.9 Å². The Morgan fingerprint density at radius 3 is 2.87 bits per heavy atom. The van der Waals surface area contributed by atoms with Crippen molar-refractivity contribution in [3.05, 3.63) is 75.6 Å². The molecule has 0 unspecified atom stereocenters. The molecule has 0 aliphatic rings. The van der Waals surface area contributed by atoms with E-state index >= 15 is 0 Å². The Bertz CT molecular complexity index is 1230. The van der Waals surface area contributed by atoms with E-state index in [4.69, 9.17) is 4.94 Å². The summed E-state index contributed by atoms with van der Waals surface area (Å²) in [5.41, 5.74) is 4.26. The highest BCUT2D eigenvalue weighted by atomic mass is 79.9. The molecule has 0 aliphatic heterocycles. The van der Waals surface area contributed by atoms with Crippen molar-refractivity contribution in [2.24, 2.45) is 5.16 Å². The molecule has 9 nitrogen and oxygen atoms in total. The lowest BCUT2D eigenvalue weighted by molar-refractivity contribution is 0.102. The molecule has 0 saturated carbocycles. The van der Waals surface area contributed by atoms with Crippen LogP contribution in [0.4, 0.5) is 15.9 Å². The van der Waals surface area contributed by atoms with Gasteiger partial charge in [0.15, 0.2) is 5.69 Å². The number of halogens is 2. The summed E-state index contributed by atoms with van der Waals surface area (Å²) in [6, 6.07) is 13.7. The molecule has 0 bridgehead atoms. The van der Waals surface area contributed by atoms with Crippen LogP contribution in [0, 0.1) is 5.82 Å². The molecule has 12 heteroatoms. The second kappa shape index (κ2) is 9.45. The summed E-state index contributed by atoms with van der Waals surface area (Å²) in [5, 5.41) is 15.9. The van der Waals surface area contributed by atoms with E-state index in [9.17, 15) is 9.18 Å². The number of benzene rings is 2. The minimum atomic E-state index is -0.473. The predicted octanol–water partition coefficient (Wildman–Crippen LogP) is 4.72. The summed E-state index contributed by atoms with van der Waals surface area (Å²) in [5.74, 6) is -0.825. The van der Waals surface area contributed by atoms with Crippen LogP contribution in [0.1, 0.15) is 16.2 Å². The number of thiazole rings is 1. The Kier molecular flexibility index (Phi) is 6.29. The van der Waals surface area contributed by atoms with Crippen molar-refractivity contribution in [1.82, 2.24) is 15.3 Å². The fourth-order valence-corrected chi connectivity index (χ4v) is 3.53. The molecular formula is C19H12BrFN6O3S. The number of hydrogen-bond acceptors (Lipinski definition) is 9. The topological polar surface area (TPSA) is 115 Å². The number of oxime groups is 1. The van der Waals surface area contributed by atoms with Gasteiger partial charge in [0.2, 0.25) is 5.82 Å². The lowest BCUT2D eigenvalue weighted by Gasteiger charge is -2.03. The molecule has 0 radical (unpaired) electrons. The molecule has 2 heterocycles. The second-order valence-electron chi connectivity index (χ2n) is 5.91. The van der Waals surface area contributed by atoms with Crippen LogP contribution < -0.4 is 10.8 Å². The molecule has 0 aliphatic carbocycles. The first-order chi connectivity index (χ1) is 15.1. The fourth-order valence-electron chi connectivity index (χ4n) is 2.34. The molecule has 0 saturated heterocycles. The number of nitrogens with one attached hydrogen (secondary N) is 2. The third-order valence-corrected chi connectivity index (χ3v) is 5.31. The smallest absolute Gasteiger partial charge is 0.276 e. The molecule has 1 amide bonds. The Morgan fingerprint density at radius 1 is 1.23 bits per heavy atom. The van der Waals surface area contributed by atoms with E-state index in [1.54, 1.807) is 5.38 Å². The van der Waals surface area contributed by atoms with E-state index in [0.717, 1.165) is 10.6 Å². The van der Waals surface area contributed by atoms with Gasteiger partial charge in [-0.2, -0.15) is 5.48 Å². The van der Waals surface area contributed by atoms with Gasteiger partial charge < -0.3 is 5.32 Å². The van der Waals surface area contributed by atoms with Gasteiger partial charge in [-0.05, 0) is 44.4 Å². The zero-order valence-electron chi connectivity index (χ0n) is 15.5. The number of carbonyl (C=O) groups is 1. The lowest BCUT2D eigenvalue weighted by atomic mass is 10.2. The van der Waals surface area contributed by atoms with Crippen molar-refractivity contribution in [1.29, 1.82) is 0 Å². The molecule has 2 N–H and O–H groups in total. The molecule has 0 fully saturated rings. The summed E-state index contributed by atoms with van der Waals surface area (Å²) in [6.45, 7) is 0. The van der Waals surface area contributed by atoms with Gasteiger partial charge in [0.1, 0.15) is 22.7 Å². The van der Waals surface area contributed by atoms with Gasteiger partial charge in [-0.25, -0.2) is 14.0 Å². The quantitative estimate of drug-likeness (QED) is 0.277. The van der Waals surface area contributed by atoms with Gasteiger partial charge in [-0.1, -0.05) is 35.5 Å². The number of hydrogen-bond donors (Lipinski definition) is 2. The van der Waals surface area contributed by atoms with E-state index < -0.39 is 11.7 Å². The maximum absolute atomic E-state index is 13.2. The molecule has 156 valence electrons. The Hall–Kier alpha value is -3.64. The maximum atomic E-state index is 13.2. The molecular weight excluding hydrogens is 491 g/mol. The largest absolute Gasteiger partial charge is 0.300 e. The monoisotopic (exact) mass is 502 g/mol. The van der Waals surface area contributed by atoms with Crippen molar-refractivity contribution in [3.8, 4) is 10.6 Å². The fraction of sp³-hybridized carbons (Fsp3) is 0. The molecule has 4 aromatic rings. The summed E-state index contributed by atoms with van der Waals surface area (Å²) in [4.78, 5) is 21.8. The van der Waals surface area contributed by atoms with Crippen molar-refractivity contribution in [2.75, 3.05) is 10.8 Å². The zero-order chi connectivity index (χ0) is 21.6. The predicted molar refractivity (Wildman–Crippen MR) is 116 cm³/mol. The van der Waals surface area contributed by atoms with Gasteiger partial charge in [-0.15, -0.1) is 11.3 Å². The van der Waals surface area contributed by atoms with Crippen molar-refractivity contribution < 1.29 is 18.8 Å². The van der Waals surface area contributed by atoms with Crippen LogP contribution in [-0.4, -0.2) is 27.4 Å². The van der Waals surface area contributed by atoms with Crippen LogP contribution in [0.5, 0.6) is 0 Å². The van der Waals surface area contributed by atoms with E-state index in [0.29, 0.717) is 5.69 Å². The second-order valence-corrected chi connectivity index (χ2v) is 7.63. The van der Waals surface area contributed by atoms with Gasteiger partial charge in [0.25, 0.3) is 5.91 Å². The van der Waals surface area contributed by atoms with Crippen LogP contribution in [0.25, 0.3) is 10.6 Å². The van der Waals surface area contributed by atoms with E-state index in [-0.39, 0.29) is 21.7 Å². The summed E-state index contributed by atoms with van der Waals surface area (Å²) in [7, 11) is 0. The Morgan fingerprint density at radius 2 is 2.06 bits per heavy atom. The Balaban J connectivity index is 1.37. The SMILES string of the molecule is O=C(Nc1nonc1/C=N/ONc1ccc(F)c(Br)c1)c1csc(-c2ccccc2)n1.